The number of rotatable bonds is 9. The largest absolute Gasteiger partial charge is 0.494 e. The third-order valence-corrected chi connectivity index (χ3v) is 3.49. The first-order valence-electron chi connectivity index (χ1n) is 7.44. The standard InChI is InChI=1S/C16H25FN2O2/c1-3-4-12(9-10-18)5-8-16(20)19-13-6-7-14(17)15(11-13)21-2/h6-7,11-12H,3-5,8-10,18H2,1-2H3,(H,19,20). The number of carbonyl (C=O) groups excluding carboxylic acids is 1. The average molecular weight is 296 g/mol. The number of anilines is 1. The predicted octanol–water partition coefficient (Wildman–Crippen LogP) is 3.32. The van der Waals surface area contributed by atoms with Crippen LogP contribution in [0.2, 0.25) is 0 Å². The lowest BCUT2D eigenvalue weighted by Gasteiger charge is -2.14. The molecule has 0 aliphatic rings. The maximum absolute atomic E-state index is 13.3. The molecule has 0 heterocycles. The van der Waals surface area contributed by atoms with E-state index in [0.29, 0.717) is 24.6 Å². The van der Waals surface area contributed by atoms with E-state index >= 15 is 0 Å². The molecule has 0 bridgehead atoms. The van der Waals surface area contributed by atoms with Gasteiger partial charge in [0.25, 0.3) is 0 Å². The zero-order valence-electron chi connectivity index (χ0n) is 12.8. The molecular formula is C16H25FN2O2. The van der Waals surface area contributed by atoms with Gasteiger partial charge in [-0.15, -0.1) is 0 Å². The van der Waals surface area contributed by atoms with Crippen molar-refractivity contribution in [3.63, 3.8) is 0 Å². The van der Waals surface area contributed by atoms with Gasteiger partial charge in [0.2, 0.25) is 5.91 Å². The predicted molar refractivity (Wildman–Crippen MR) is 82.9 cm³/mol. The van der Waals surface area contributed by atoms with Gasteiger partial charge >= 0.3 is 0 Å². The molecule has 5 heteroatoms. The lowest BCUT2D eigenvalue weighted by Crippen LogP contribution is -2.15. The second-order valence-electron chi connectivity index (χ2n) is 5.17. The Labute approximate surface area is 125 Å². The van der Waals surface area contributed by atoms with E-state index in [-0.39, 0.29) is 11.7 Å². The maximum atomic E-state index is 13.3. The van der Waals surface area contributed by atoms with E-state index in [4.69, 9.17) is 10.5 Å². The molecule has 0 aromatic heterocycles. The fourth-order valence-electron chi connectivity index (χ4n) is 2.37. The van der Waals surface area contributed by atoms with Crippen molar-refractivity contribution in [1.82, 2.24) is 0 Å². The minimum absolute atomic E-state index is 0.0678. The van der Waals surface area contributed by atoms with Crippen LogP contribution in [0.1, 0.15) is 39.0 Å². The summed E-state index contributed by atoms with van der Waals surface area (Å²) in [5.74, 6) is 0.108. The van der Waals surface area contributed by atoms with Crippen LogP contribution >= 0.6 is 0 Å². The molecule has 0 fully saturated rings. The highest BCUT2D eigenvalue weighted by atomic mass is 19.1. The smallest absolute Gasteiger partial charge is 0.224 e. The van der Waals surface area contributed by atoms with E-state index in [1.165, 1.54) is 25.3 Å². The van der Waals surface area contributed by atoms with Gasteiger partial charge < -0.3 is 15.8 Å². The lowest BCUT2D eigenvalue weighted by atomic mass is 9.94. The van der Waals surface area contributed by atoms with Crippen molar-refractivity contribution < 1.29 is 13.9 Å². The van der Waals surface area contributed by atoms with Gasteiger partial charge in [-0.25, -0.2) is 4.39 Å². The van der Waals surface area contributed by atoms with Crippen molar-refractivity contribution in [2.75, 3.05) is 19.0 Å². The molecule has 4 nitrogen and oxygen atoms in total. The maximum Gasteiger partial charge on any atom is 0.224 e. The number of hydrogen-bond donors (Lipinski definition) is 2. The van der Waals surface area contributed by atoms with Crippen LogP contribution in [0.15, 0.2) is 18.2 Å². The van der Waals surface area contributed by atoms with Crippen LogP contribution in [-0.2, 0) is 4.79 Å². The second kappa shape index (κ2) is 9.34. The monoisotopic (exact) mass is 296 g/mol. The molecule has 0 spiro atoms. The van der Waals surface area contributed by atoms with Crippen molar-refractivity contribution in [3.05, 3.63) is 24.0 Å². The first-order chi connectivity index (χ1) is 10.1. The van der Waals surface area contributed by atoms with Crippen LogP contribution in [0.4, 0.5) is 10.1 Å². The molecule has 3 N–H and O–H groups in total. The molecule has 21 heavy (non-hydrogen) atoms. The summed E-state index contributed by atoms with van der Waals surface area (Å²) in [6.45, 7) is 2.79. The Morgan fingerprint density at radius 3 is 2.76 bits per heavy atom. The lowest BCUT2D eigenvalue weighted by molar-refractivity contribution is -0.116. The average Bonchev–Trinajstić information content (AvgIpc) is 2.47. The van der Waals surface area contributed by atoms with E-state index in [1.807, 2.05) is 0 Å². The molecule has 0 aliphatic carbocycles. The van der Waals surface area contributed by atoms with Gasteiger partial charge in [0.15, 0.2) is 11.6 Å². The number of nitrogens with two attached hydrogens (primary N) is 1. The van der Waals surface area contributed by atoms with E-state index in [1.54, 1.807) is 0 Å². The van der Waals surface area contributed by atoms with Gasteiger partial charge in [0, 0.05) is 18.2 Å². The topological polar surface area (TPSA) is 64.4 Å². The molecule has 0 aliphatic heterocycles. The number of benzene rings is 1. The van der Waals surface area contributed by atoms with Crippen LogP contribution in [0.25, 0.3) is 0 Å². The summed E-state index contributed by atoms with van der Waals surface area (Å²) in [5.41, 5.74) is 6.13. The zero-order chi connectivity index (χ0) is 15.7. The molecule has 1 unspecified atom stereocenters. The summed E-state index contributed by atoms with van der Waals surface area (Å²) in [6.07, 6.45) is 4.42. The molecule has 0 saturated carbocycles. The zero-order valence-corrected chi connectivity index (χ0v) is 12.8. The molecule has 118 valence electrons. The van der Waals surface area contributed by atoms with Crippen LogP contribution in [0, 0.1) is 11.7 Å². The van der Waals surface area contributed by atoms with Crippen molar-refractivity contribution in [2.45, 2.75) is 39.0 Å². The third-order valence-electron chi connectivity index (χ3n) is 3.49. The Hall–Kier alpha value is -1.62. The number of halogens is 1. The number of amides is 1. The highest BCUT2D eigenvalue weighted by Crippen LogP contribution is 2.22. The fourth-order valence-corrected chi connectivity index (χ4v) is 2.37. The van der Waals surface area contributed by atoms with Gasteiger partial charge in [0.05, 0.1) is 7.11 Å². The van der Waals surface area contributed by atoms with Gasteiger partial charge in [-0.2, -0.15) is 0 Å². The Balaban J connectivity index is 2.49. The number of carbonyl (C=O) groups is 1. The van der Waals surface area contributed by atoms with E-state index in [9.17, 15) is 9.18 Å². The molecule has 1 aromatic carbocycles. The first-order valence-corrected chi connectivity index (χ1v) is 7.44. The highest BCUT2D eigenvalue weighted by molar-refractivity contribution is 5.90. The second-order valence-corrected chi connectivity index (χ2v) is 5.17. The molecular weight excluding hydrogens is 271 g/mol. The quantitative estimate of drug-likeness (QED) is 0.734. The van der Waals surface area contributed by atoms with Crippen molar-refractivity contribution in [1.29, 1.82) is 0 Å². The van der Waals surface area contributed by atoms with E-state index < -0.39 is 5.82 Å². The molecule has 1 atom stereocenters. The summed E-state index contributed by atoms with van der Waals surface area (Å²) in [4.78, 5) is 11.9. The minimum Gasteiger partial charge on any atom is -0.494 e. The molecule has 1 aromatic rings. The molecule has 0 saturated heterocycles. The van der Waals surface area contributed by atoms with E-state index in [2.05, 4.69) is 12.2 Å². The molecule has 1 amide bonds. The number of hydrogen-bond acceptors (Lipinski definition) is 3. The minimum atomic E-state index is -0.443. The van der Waals surface area contributed by atoms with Gasteiger partial charge in [0.1, 0.15) is 0 Å². The highest BCUT2D eigenvalue weighted by Gasteiger charge is 2.11. The van der Waals surface area contributed by atoms with Gasteiger partial charge in [-0.1, -0.05) is 19.8 Å². The Bertz CT molecular complexity index is 446. The van der Waals surface area contributed by atoms with Crippen LogP contribution in [-0.4, -0.2) is 19.6 Å². The van der Waals surface area contributed by atoms with Crippen molar-refractivity contribution in [3.8, 4) is 5.75 Å². The molecule has 0 radical (unpaired) electrons. The SMILES string of the molecule is CCCC(CCN)CCC(=O)Nc1ccc(F)c(OC)c1. The van der Waals surface area contributed by atoms with Crippen LogP contribution < -0.4 is 15.8 Å². The Kier molecular flexibility index (Phi) is 7.75. The van der Waals surface area contributed by atoms with Crippen LogP contribution in [0.3, 0.4) is 0 Å². The Morgan fingerprint density at radius 2 is 2.14 bits per heavy atom. The van der Waals surface area contributed by atoms with Crippen LogP contribution in [0.5, 0.6) is 5.75 Å². The number of methoxy groups -OCH3 is 1. The summed E-state index contributed by atoms with van der Waals surface area (Å²) in [6, 6.07) is 4.29. The van der Waals surface area contributed by atoms with Gasteiger partial charge in [-0.3, -0.25) is 4.79 Å². The summed E-state index contributed by atoms with van der Waals surface area (Å²) in [5, 5.41) is 2.77. The van der Waals surface area contributed by atoms with E-state index in [0.717, 1.165) is 25.7 Å². The summed E-state index contributed by atoms with van der Waals surface area (Å²) in [7, 11) is 1.40. The van der Waals surface area contributed by atoms with Crippen molar-refractivity contribution in [2.24, 2.45) is 11.7 Å². The third kappa shape index (κ3) is 6.12. The summed E-state index contributed by atoms with van der Waals surface area (Å²) < 4.78 is 18.2. The first kappa shape index (κ1) is 17.4. The van der Waals surface area contributed by atoms with Gasteiger partial charge in [-0.05, 0) is 37.4 Å². The normalized spacial score (nSPS) is 12.0. The fraction of sp³-hybridized carbons (Fsp3) is 0.562. The Morgan fingerprint density at radius 1 is 1.38 bits per heavy atom. The number of nitrogens with one attached hydrogen (secondary N) is 1. The van der Waals surface area contributed by atoms with Crippen molar-refractivity contribution >= 4 is 11.6 Å². The summed E-state index contributed by atoms with van der Waals surface area (Å²) >= 11 is 0. The molecule has 1 rings (SSSR count). The number of ether oxygens (including phenoxy) is 1.